The molecule has 0 amide bonds. The van der Waals surface area contributed by atoms with Crippen LogP contribution in [-0.4, -0.2) is 57.2 Å². The van der Waals surface area contributed by atoms with Crippen molar-refractivity contribution in [3.05, 3.63) is 84.0 Å². The molecule has 208 valence electrons. The molecular weight excluding hydrogens is 524 g/mol. The number of nitrogens with zero attached hydrogens (tertiary/aromatic N) is 6. The molecule has 2 aliphatic rings. The molecule has 2 aromatic carbocycles. The standard InChI is InChI=1S/C30H34N6O3S/c1-22-20-34(21-31-22)27-12-10-23(19-28(27)39-2)11-13-29-32-30-26(9-6-16-36(30)33-29)24-14-17-35(18-15-24)40(37,38)25-7-4-3-5-8-25/h3-5,7-8,10-13,19-21,24,26H,6,9,14-18H2,1-2H3. The van der Waals surface area contributed by atoms with Gasteiger partial charge in [0.15, 0.2) is 5.82 Å². The van der Waals surface area contributed by atoms with Gasteiger partial charge in [0.05, 0.1) is 29.7 Å². The predicted molar refractivity (Wildman–Crippen MR) is 154 cm³/mol. The van der Waals surface area contributed by atoms with Crippen LogP contribution in [0.4, 0.5) is 0 Å². The molecule has 2 aromatic heterocycles. The van der Waals surface area contributed by atoms with E-state index in [2.05, 4.69) is 4.98 Å². The largest absolute Gasteiger partial charge is 0.495 e. The number of aromatic nitrogens is 5. The van der Waals surface area contributed by atoms with Crippen molar-refractivity contribution < 1.29 is 13.2 Å². The van der Waals surface area contributed by atoms with Gasteiger partial charge >= 0.3 is 0 Å². The smallest absolute Gasteiger partial charge is 0.243 e. The monoisotopic (exact) mass is 558 g/mol. The van der Waals surface area contributed by atoms with Gasteiger partial charge in [0.25, 0.3) is 0 Å². The highest BCUT2D eigenvalue weighted by Crippen LogP contribution is 2.39. The first-order valence-corrected chi connectivity index (χ1v) is 15.2. The molecule has 0 aliphatic carbocycles. The summed E-state index contributed by atoms with van der Waals surface area (Å²) in [5, 5.41) is 4.78. The Morgan fingerprint density at radius 3 is 2.52 bits per heavy atom. The molecule has 2 aliphatic heterocycles. The highest BCUT2D eigenvalue weighted by atomic mass is 32.2. The fourth-order valence-electron chi connectivity index (χ4n) is 5.91. The Balaban J connectivity index is 1.15. The molecule has 1 atom stereocenters. The number of fused-ring (bicyclic) bond motifs is 1. The second-order valence-electron chi connectivity index (χ2n) is 10.5. The van der Waals surface area contributed by atoms with Crippen LogP contribution in [-0.2, 0) is 16.6 Å². The zero-order valence-corrected chi connectivity index (χ0v) is 23.7. The Kier molecular flexibility index (Phi) is 7.29. The van der Waals surface area contributed by atoms with Crippen molar-refractivity contribution >= 4 is 22.2 Å². The van der Waals surface area contributed by atoms with E-state index in [1.165, 1.54) is 0 Å². The van der Waals surface area contributed by atoms with Crippen LogP contribution in [0.2, 0.25) is 0 Å². The highest BCUT2D eigenvalue weighted by molar-refractivity contribution is 7.89. The van der Waals surface area contributed by atoms with Crippen LogP contribution in [0.15, 0.2) is 66.0 Å². The molecule has 9 nitrogen and oxygen atoms in total. The highest BCUT2D eigenvalue weighted by Gasteiger charge is 2.36. The SMILES string of the molecule is COc1cc(C=Cc2nc3n(n2)CCCC3C2CCN(S(=O)(=O)c3ccccc3)CC2)ccc1-n1cnc(C)c1. The van der Waals surface area contributed by atoms with Gasteiger partial charge in [-0.25, -0.2) is 23.1 Å². The second-order valence-corrected chi connectivity index (χ2v) is 12.5. The number of ether oxygens (including phenoxy) is 1. The van der Waals surface area contributed by atoms with Crippen LogP contribution in [0.25, 0.3) is 17.8 Å². The first-order chi connectivity index (χ1) is 19.4. The number of benzene rings is 2. The van der Waals surface area contributed by atoms with Crippen molar-refractivity contribution in [2.24, 2.45) is 5.92 Å². The average molecular weight is 559 g/mol. The van der Waals surface area contributed by atoms with Gasteiger partial charge in [0.2, 0.25) is 10.0 Å². The Morgan fingerprint density at radius 2 is 1.80 bits per heavy atom. The summed E-state index contributed by atoms with van der Waals surface area (Å²) in [7, 11) is -1.78. The van der Waals surface area contributed by atoms with Gasteiger partial charge < -0.3 is 9.30 Å². The Labute approximate surface area is 235 Å². The summed E-state index contributed by atoms with van der Waals surface area (Å²) < 4.78 is 37.4. The molecular formula is C30H34N6O3S. The van der Waals surface area contributed by atoms with E-state index in [1.54, 1.807) is 42.0 Å². The molecule has 4 aromatic rings. The van der Waals surface area contributed by atoms with Gasteiger partial charge in [-0.2, -0.15) is 9.40 Å². The molecule has 1 fully saturated rings. The molecule has 1 unspecified atom stereocenters. The lowest BCUT2D eigenvalue weighted by molar-refractivity contribution is 0.215. The van der Waals surface area contributed by atoms with Crippen molar-refractivity contribution in [1.29, 1.82) is 0 Å². The van der Waals surface area contributed by atoms with Gasteiger partial charge in [-0.15, -0.1) is 0 Å². The number of aryl methyl sites for hydroxylation is 2. The Morgan fingerprint density at radius 1 is 1.00 bits per heavy atom. The van der Waals surface area contributed by atoms with Crippen molar-refractivity contribution in [3.63, 3.8) is 0 Å². The predicted octanol–water partition coefficient (Wildman–Crippen LogP) is 4.93. The lowest BCUT2D eigenvalue weighted by Gasteiger charge is -2.36. The maximum absolute atomic E-state index is 13.1. The Hall–Kier alpha value is -3.76. The van der Waals surface area contributed by atoms with Gasteiger partial charge in [0, 0.05) is 31.7 Å². The number of rotatable bonds is 7. The first-order valence-electron chi connectivity index (χ1n) is 13.8. The number of imidazole rings is 1. The van der Waals surface area contributed by atoms with Crippen molar-refractivity contribution in [2.45, 2.75) is 50.0 Å². The fraction of sp³-hybridized carbons (Fsp3) is 0.367. The van der Waals surface area contributed by atoms with Crippen molar-refractivity contribution in [3.8, 4) is 11.4 Å². The second kappa shape index (κ2) is 11.0. The minimum atomic E-state index is -3.45. The summed E-state index contributed by atoms with van der Waals surface area (Å²) in [4.78, 5) is 9.62. The van der Waals surface area contributed by atoms with Gasteiger partial charge in [-0.05, 0) is 74.4 Å². The minimum Gasteiger partial charge on any atom is -0.495 e. The molecule has 6 rings (SSSR count). The van der Waals surface area contributed by atoms with E-state index in [1.807, 2.05) is 58.8 Å². The molecule has 0 N–H and O–H groups in total. The number of methoxy groups -OCH3 is 1. The molecule has 1 saturated heterocycles. The van der Waals surface area contributed by atoms with Crippen LogP contribution in [0.1, 0.15) is 54.5 Å². The number of hydrogen-bond acceptors (Lipinski definition) is 6. The summed E-state index contributed by atoms with van der Waals surface area (Å²) in [6.07, 6.45) is 11.5. The molecule has 4 heterocycles. The van der Waals surface area contributed by atoms with E-state index >= 15 is 0 Å². The number of hydrogen-bond donors (Lipinski definition) is 0. The van der Waals surface area contributed by atoms with Crippen LogP contribution in [0, 0.1) is 12.8 Å². The summed E-state index contributed by atoms with van der Waals surface area (Å²) in [5.74, 6) is 3.17. The van der Waals surface area contributed by atoms with Gasteiger partial charge in [-0.3, -0.25) is 0 Å². The molecule has 0 bridgehead atoms. The topological polar surface area (TPSA) is 95.1 Å². The summed E-state index contributed by atoms with van der Waals surface area (Å²) in [6, 6.07) is 14.8. The van der Waals surface area contributed by atoms with E-state index in [4.69, 9.17) is 14.8 Å². The molecule has 0 saturated carbocycles. The lowest BCUT2D eigenvalue weighted by Crippen LogP contribution is -2.40. The van der Waals surface area contributed by atoms with Gasteiger partial charge in [0.1, 0.15) is 11.6 Å². The van der Waals surface area contributed by atoms with E-state index in [0.717, 1.165) is 60.7 Å². The fourth-order valence-corrected chi connectivity index (χ4v) is 7.40. The average Bonchev–Trinajstić information content (AvgIpc) is 3.62. The van der Waals surface area contributed by atoms with Crippen molar-refractivity contribution in [2.75, 3.05) is 20.2 Å². The quantitative estimate of drug-likeness (QED) is 0.319. The summed E-state index contributed by atoms with van der Waals surface area (Å²) >= 11 is 0. The third-order valence-electron chi connectivity index (χ3n) is 8.00. The summed E-state index contributed by atoms with van der Waals surface area (Å²) in [6.45, 7) is 3.90. The lowest BCUT2D eigenvalue weighted by atomic mass is 9.80. The normalized spacial score (nSPS) is 18.7. The van der Waals surface area contributed by atoms with E-state index in [0.29, 0.717) is 35.6 Å². The molecule has 10 heteroatoms. The third-order valence-corrected chi connectivity index (χ3v) is 9.91. The Bertz CT molecular complexity index is 1620. The first kappa shape index (κ1) is 26.5. The molecule has 0 spiro atoms. The van der Waals surface area contributed by atoms with Crippen LogP contribution < -0.4 is 4.74 Å². The molecule has 40 heavy (non-hydrogen) atoms. The van der Waals surface area contributed by atoms with Gasteiger partial charge in [-0.1, -0.05) is 30.3 Å². The van der Waals surface area contributed by atoms with Crippen LogP contribution >= 0.6 is 0 Å². The van der Waals surface area contributed by atoms with E-state index in [9.17, 15) is 8.42 Å². The zero-order valence-electron chi connectivity index (χ0n) is 22.8. The van der Waals surface area contributed by atoms with E-state index in [-0.39, 0.29) is 0 Å². The summed E-state index contributed by atoms with van der Waals surface area (Å²) in [5.41, 5.74) is 2.87. The van der Waals surface area contributed by atoms with Crippen LogP contribution in [0.3, 0.4) is 0 Å². The van der Waals surface area contributed by atoms with E-state index < -0.39 is 10.0 Å². The van der Waals surface area contributed by atoms with Crippen molar-refractivity contribution in [1.82, 2.24) is 28.6 Å². The maximum Gasteiger partial charge on any atom is 0.243 e. The third kappa shape index (κ3) is 5.21. The van der Waals surface area contributed by atoms with Crippen LogP contribution in [0.5, 0.6) is 5.75 Å². The number of piperidine rings is 1. The zero-order chi connectivity index (χ0) is 27.7. The minimum absolute atomic E-state index is 0.294. The maximum atomic E-state index is 13.1. The number of sulfonamides is 1. The molecule has 0 radical (unpaired) electrons.